The highest BCUT2D eigenvalue weighted by Gasteiger charge is 2.52. The number of imidazole rings is 1. The van der Waals surface area contributed by atoms with Crippen molar-refractivity contribution in [3.05, 3.63) is 48.4 Å². The fraction of sp³-hybridized carbons (Fsp3) is 0.412. The third-order valence-corrected chi connectivity index (χ3v) is 6.88. The third-order valence-electron chi connectivity index (χ3n) is 5.02. The van der Waals surface area contributed by atoms with Gasteiger partial charge in [-0.05, 0) is 25.3 Å². The number of piperidine rings is 1. The first-order chi connectivity index (χ1) is 11.8. The summed E-state index contributed by atoms with van der Waals surface area (Å²) in [5.74, 6) is -1.01. The molecule has 7 nitrogen and oxygen atoms in total. The van der Waals surface area contributed by atoms with E-state index in [0.29, 0.717) is 18.4 Å². The molecule has 1 fully saturated rings. The van der Waals surface area contributed by atoms with Gasteiger partial charge in [0.25, 0.3) is 10.0 Å². The summed E-state index contributed by atoms with van der Waals surface area (Å²) in [4.78, 5) is 16.2. The van der Waals surface area contributed by atoms with Crippen molar-refractivity contribution in [2.24, 2.45) is 7.05 Å². The van der Waals surface area contributed by atoms with Crippen LogP contribution in [0.15, 0.2) is 47.9 Å². The Hall–Kier alpha value is -2.19. The van der Waals surface area contributed by atoms with Gasteiger partial charge in [0.05, 0.1) is 6.33 Å². The molecule has 8 heteroatoms. The number of carboxylic acids is 1. The molecule has 1 aromatic heterocycles. The largest absolute Gasteiger partial charge is 0.481 e. The van der Waals surface area contributed by atoms with Gasteiger partial charge in [-0.25, -0.2) is 13.4 Å². The standard InChI is InChI=1S/C17H21N3O4S/c1-13-17(16(21)22,14-7-4-3-5-8-14)9-6-10-20(13)25(23,24)15-11-19(2)12-18-15/h3-5,7-8,11-13H,6,9-10H2,1-2H3,(H,21,22). The maximum absolute atomic E-state index is 13.0. The summed E-state index contributed by atoms with van der Waals surface area (Å²) in [5, 5.41) is 9.97. The van der Waals surface area contributed by atoms with Crippen LogP contribution in [0.25, 0.3) is 0 Å². The minimum atomic E-state index is -3.86. The fourth-order valence-corrected chi connectivity index (χ4v) is 5.35. The van der Waals surface area contributed by atoms with E-state index < -0.39 is 27.4 Å². The molecule has 1 N–H and O–H groups in total. The van der Waals surface area contributed by atoms with E-state index in [0.717, 1.165) is 0 Å². The summed E-state index contributed by atoms with van der Waals surface area (Å²) in [6, 6.07) is 8.14. The zero-order valence-electron chi connectivity index (χ0n) is 14.2. The number of nitrogens with zero attached hydrogens (tertiary/aromatic N) is 3. The van der Waals surface area contributed by atoms with E-state index in [9.17, 15) is 18.3 Å². The lowest BCUT2D eigenvalue weighted by atomic mass is 9.69. The second kappa shape index (κ2) is 6.27. The number of aromatic nitrogens is 2. The average molecular weight is 363 g/mol. The molecule has 2 heterocycles. The molecule has 1 aromatic carbocycles. The van der Waals surface area contributed by atoms with Crippen molar-refractivity contribution < 1.29 is 18.3 Å². The van der Waals surface area contributed by atoms with Crippen molar-refractivity contribution in [2.75, 3.05) is 6.54 Å². The first-order valence-electron chi connectivity index (χ1n) is 8.09. The van der Waals surface area contributed by atoms with Crippen molar-refractivity contribution in [2.45, 2.75) is 36.2 Å². The van der Waals surface area contributed by atoms with Gasteiger partial charge < -0.3 is 9.67 Å². The zero-order valence-corrected chi connectivity index (χ0v) is 15.0. The number of sulfonamides is 1. The number of hydrogen-bond acceptors (Lipinski definition) is 4. The van der Waals surface area contributed by atoms with E-state index in [1.54, 1.807) is 42.8 Å². The van der Waals surface area contributed by atoms with Crippen molar-refractivity contribution >= 4 is 16.0 Å². The molecule has 0 aliphatic carbocycles. The molecule has 134 valence electrons. The molecule has 0 saturated carbocycles. The topological polar surface area (TPSA) is 92.5 Å². The average Bonchev–Trinajstić information content (AvgIpc) is 3.03. The monoisotopic (exact) mass is 363 g/mol. The highest BCUT2D eigenvalue weighted by Crippen LogP contribution is 2.41. The lowest BCUT2D eigenvalue weighted by Gasteiger charge is -2.45. The van der Waals surface area contributed by atoms with Crippen LogP contribution in [0.3, 0.4) is 0 Å². The van der Waals surface area contributed by atoms with Gasteiger partial charge >= 0.3 is 5.97 Å². The number of carbonyl (C=O) groups is 1. The molecule has 1 aliphatic rings. The van der Waals surface area contributed by atoms with Crippen LogP contribution in [0.1, 0.15) is 25.3 Å². The van der Waals surface area contributed by atoms with Crippen LogP contribution in [0.4, 0.5) is 0 Å². The number of hydrogen-bond donors (Lipinski definition) is 1. The molecule has 2 atom stereocenters. The number of rotatable bonds is 4. The maximum Gasteiger partial charge on any atom is 0.315 e. The highest BCUT2D eigenvalue weighted by atomic mass is 32.2. The Kier molecular flexibility index (Phi) is 4.42. The predicted octanol–water partition coefficient (Wildman–Crippen LogP) is 1.62. The second-order valence-electron chi connectivity index (χ2n) is 6.42. The molecule has 2 aromatic rings. The van der Waals surface area contributed by atoms with Crippen molar-refractivity contribution in [1.82, 2.24) is 13.9 Å². The van der Waals surface area contributed by atoms with Gasteiger partial charge in [0.15, 0.2) is 5.03 Å². The first kappa shape index (κ1) is 17.6. The van der Waals surface area contributed by atoms with E-state index in [1.165, 1.54) is 16.8 Å². The molecule has 2 unspecified atom stereocenters. The molecule has 1 aliphatic heterocycles. The molecular formula is C17H21N3O4S. The molecule has 25 heavy (non-hydrogen) atoms. The lowest BCUT2D eigenvalue weighted by molar-refractivity contribution is -0.147. The Morgan fingerprint density at radius 2 is 2.00 bits per heavy atom. The Morgan fingerprint density at radius 1 is 1.32 bits per heavy atom. The van der Waals surface area contributed by atoms with Gasteiger partial charge in [0.2, 0.25) is 0 Å². The summed E-state index contributed by atoms with van der Waals surface area (Å²) < 4.78 is 28.9. The van der Waals surface area contributed by atoms with Gasteiger partial charge in [0, 0.05) is 25.8 Å². The Labute approximate surface area is 147 Å². The second-order valence-corrected chi connectivity index (χ2v) is 8.25. The Balaban J connectivity index is 2.08. The van der Waals surface area contributed by atoms with Crippen LogP contribution in [-0.2, 0) is 27.3 Å². The number of aryl methyl sites for hydroxylation is 1. The fourth-order valence-electron chi connectivity index (χ4n) is 3.66. The molecule has 0 radical (unpaired) electrons. The molecule has 0 bridgehead atoms. The van der Waals surface area contributed by atoms with Gasteiger partial charge in [-0.15, -0.1) is 0 Å². The van der Waals surface area contributed by atoms with Gasteiger partial charge in [0.1, 0.15) is 5.41 Å². The van der Waals surface area contributed by atoms with E-state index >= 15 is 0 Å². The summed E-state index contributed by atoms with van der Waals surface area (Å²) in [5.41, 5.74) is -0.655. The molecule has 0 spiro atoms. The van der Waals surface area contributed by atoms with Crippen LogP contribution in [-0.4, -0.2) is 45.9 Å². The summed E-state index contributed by atoms with van der Waals surface area (Å²) in [7, 11) is -2.17. The van der Waals surface area contributed by atoms with Crippen molar-refractivity contribution in [3.63, 3.8) is 0 Å². The molecule has 1 saturated heterocycles. The maximum atomic E-state index is 13.0. The van der Waals surface area contributed by atoms with Crippen molar-refractivity contribution in [3.8, 4) is 0 Å². The Bertz CT molecular complexity index is 878. The minimum absolute atomic E-state index is 0.0592. The molecule has 3 rings (SSSR count). The molecular weight excluding hydrogens is 342 g/mol. The van der Waals surface area contributed by atoms with E-state index in [1.807, 2.05) is 6.07 Å². The Morgan fingerprint density at radius 3 is 2.56 bits per heavy atom. The first-order valence-corrected chi connectivity index (χ1v) is 9.53. The van der Waals surface area contributed by atoms with Crippen molar-refractivity contribution in [1.29, 1.82) is 0 Å². The van der Waals surface area contributed by atoms with Gasteiger partial charge in [-0.3, -0.25) is 4.79 Å². The third kappa shape index (κ3) is 2.75. The van der Waals surface area contributed by atoms with E-state index in [2.05, 4.69) is 4.98 Å². The summed E-state index contributed by atoms with van der Waals surface area (Å²) >= 11 is 0. The van der Waals surface area contributed by atoms with Crippen LogP contribution in [0.5, 0.6) is 0 Å². The van der Waals surface area contributed by atoms with E-state index in [4.69, 9.17) is 0 Å². The highest BCUT2D eigenvalue weighted by molar-refractivity contribution is 7.89. The quantitative estimate of drug-likeness (QED) is 0.891. The zero-order chi connectivity index (χ0) is 18.2. The minimum Gasteiger partial charge on any atom is -0.481 e. The van der Waals surface area contributed by atoms with Gasteiger partial charge in [-0.1, -0.05) is 30.3 Å². The van der Waals surface area contributed by atoms with Crippen LogP contribution < -0.4 is 0 Å². The SMILES string of the molecule is CC1N(S(=O)(=O)c2cn(C)cn2)CCCC1(C(=O)O)c1ccccc1. The summed E-state index contributed by atoms with van der Waals surface area (Å²) in [6.07, 6.45) is 3.71. The van der Waals surface area contributed by atoms with E-state index in [-0.39, 0.29) is 11.6 Å². The number of carboxylic acid groups (broad SMARTS) is 1. The van der Waals surface area contributed by atoms with Crippen LogP contribution in [0, 0.1) is 0 Å². The lowest BCUT2D eigenvalue weighted by Crippen LogP contribution is -2.58. The van der Waals surface area contributed by atoms with Crippen LogP contribution >= 0.6 is 0 Å². The number of benzene rings is 1. The smallest absolute Gasteiger partial charge is 0.315 e. The van der Waals surface area contributed by atoms with Gasteiger partial charge in [-0.2, -0.15) is 4.31 Å². The predicted molar refractivity (Wildman–Crippen MR) is 91.6 cm³/mol. The van der Waals surface area contributed by atoms with Crippen LogP contribution in [0.2, 0.25) is 0 Å². The molecule has 0 amide bonds. The normalized spacial score (nSPS) is 25.0. The summed E-state index contributed by atoms with van der Waals surface area (Å²) in [6.45, 7) is 1.95. The number of aliphatic carboxylic acids is 1.